The highest BCUT2D eigenvalue weighted by Crippen LogP contribution is 2.16. The molecular formula is C16H21FN4O. The molecule has 1 heterocycles. The monoisotopic (exact) mass is 304 g/mol. The molecule has 0 unspecified atom stereocenters. The van der Waals surface area contributed by atoms with Gasteiger partial charge in [-0.3, -0.25) is 0 Å². The second-order valence-electron chi connectivity index (χ2n) is 5.36. The van der Waals surface area contributed by atoms with E-state index in [1.54, 1.807) is 0 Å². The van der Waals surface area contributed by atoms with Gasteiger partial charge >= 0.3 is 0 Å². The van der Waals surface area contributed by atoms with Gasteiger partial charge in [0, 0.05) is 20.1 Å². The molecular weight excluding hydrogens is 283 g/mol. The Hall–Kier alpha value is -2.21. The second kappa shape index (κ2) is 7.70. The molecule has 2 rings (SSSR count). The Kier molecular flexibility index (Phi) is 5.66. The maximum Gasteiger partial charge on any atom is 0.225 e. The van der Waals surface area contributed by atoms with Gasteiger partial charge in [-0.2, -0.15) is 0 Å². The maximum atomic E-state index is 12.8. The molecule has 5 nitrogen and oxygen atoms in total. The number of halogens is 1. The first-order valence-corrected chi connectivity index (χ1v) is 7.10. The first kappa shape index (κ1) is 16.2. The van der Waals surface area contributed by atoms with Gasteiger partial charge in [0.2, 0.25) is 5.95 Å². The smallest absolute Gasteiger partial charge is 0.225 e. The van der Waals surface area contributed by atoms with Gasteiger partial charge in [-0.15, -0.1) is 0 Å². The van der Waals surface area contributed by atoms with E-state index in [1.165, 1.54) is 12.4 Å². The highest BCUT2D eigenvalue weighted by Gasteiger charge is 2.06. The predicted octanol–water partition coefficient (Wildman–Crippen LogP) is 2.19. The third-order valence-electron chi connectivity index (χ3n) is 3.07. The third-order valence-corrected chi connectivity index (χ3v) is 3.07. The van der Waals surface area contributed by atoms with Crippen molar-refractivity contribution in [2.45, 2.75) is 6.54 Å². The van der Waals surface area contributed by atoms with E-state index in [-0.39, 0.29) is 0 Å². The van der Waals surface area contributed by atoms with Crippen LogP contribution in [0.3, 0.4) is 0 Å². The summed E-state index contributed by atoms with van der Waals surface area (Å²) in [5.74, 6) is 0.890. The molecule has 0 saturated heterocycles. The summed E-state index contributed by atoms with van der Waals surface area (Å²) >= 11 is 0. The number of hydrogen-bond acceptors (Lipinski definition) is 5. The molecule has 0 aliphatic heterocycles. The van der Waals surface area contributed by atoms with E-state index in [0.717, 1.165) is 17.9 Å². The van der Waals surface area contributed by atoms with E-state index < -0.39 is 5.82 Å². The topological polar surface area (TPSA) is 41.5 Å². The molecule has 0 aliphatic carbocycles. The number of nitrogens with zero attached hydrogens (tertiary/aromatic N) is 4. The van der Waals surface area contributed by atoms with E-state index in [1.807, 2.05) is 50.3 Å². The van der Waals surface area contributed by atoms with E-state index in [4.69, 9.17) is 4.74 Å². The second-order valence-corrected chi connectivity index (χ2v) is 5.36. The molecule has 22 heavy (non-hydrogen) atoms. The average Bonchev–Trinajstić information content (AvgIpc) is 2.48. The lowest BCUT2D eigenvalue weighted by atomic mass is 10.2. The lowest BCUT2D eigenvalue weighted by Crippen LogP contribution is -2.20. The Labute approximate surface area is 130 Å². The standard InChI is InChI=1S/C16H21FN4O/c1-20(2)7-8-22-15-6-4-5-13(9-15)12-21(3)16-18-10-14(17)11-19-16/h4-6,9-11H,7-8,12H2,1-3H3. The van der Waals surface area contributed by atoms with Gasteiger partial charge in [0.05, 0.1) is 12.4 Å². The van der Waals surface area contributed by atoms with E-state index in [9.17, 15) is 4.39 Å². The van der Waals surface area contributed by atoms with Gasteiger partial charge in [0.25, 0.3) is 0 Å². The molecule has 1 aromatic heterocycles. The van der Waals surface area contributed by atoms with Gasteiger partial charge in [-0.05, 0) is 31.8 Å². The lowest BCUT2D eigenvalue weighted by Gasteiger charge is -2.17. The molecule has 118 valence electrons. The van der Waals surface area contributed by atoms with Crippen LogP contribution in [0.4, 0.5) is 10.3 Å². The van der Waals surface area contributed by atoms with Crippen LogP contribution in [0.1, 0.15) is 5.56 Å². The number of ether oxygens (including phenoxy) is 1. The Morgan fingerprint density at radius 2 is 1.86 bits per heavy atom. The van der Waals surface area contributed by atoms with Crippen LogP contribution in [0.2, 0.25) is 0 Å². The van der Waals surface area contributed by atoms with Crippen molar-refractivity contribution >= 4 is 5.95 Å². The average molecular weight is 304 g/mol. The molecule has 0 saturated carbocycles. The summed E-state index contributed by atoms with van der Waals surface area (Å²) in [6, 6.07) is 7.90. The number of rotatable bonds is 7. The molecule has 0 bridgehead atoms. The first-order valence-electron chi connectivity index (χ1n) is 7.10. The van der Waals surface area contributed by atoms with Crippen molar-refractivity contribution in [3.05, 3.63) is 48.0 Å². The van der Waals surface area contributed by atoms with Gasteiger partial charge in [-0.25, -0.2) is 14.4 Å². The zero-order valence-corrected chi connectivity index (χ0v) is 13.2. The molecule has 0 amide bonds. The van der Waals surface area contributed by atoms with Crippen LogP contribution in [0, 0.1) is 5.82 Å². The van der Waals surface area contributed by atoms with Crippen LogP contribution in [0.5, 0.6) is 5.75 Å². The van der Waals surface area contributed by atoms with E-state index >= 15 is 0 Å². The first-order chi connectivity index (χ1) is 10.5. The highest BCUT2D eigenvalue weighted by atomic mass is 19.1. The minimum atomic E-state index is -0.437. The summed E-state index contributed by atoms with van der Waals surface area (Å²) in [4.78, 5) is 11.9. The summed E-state index contributed by atoms with van der Waals surface area (Å²) in [7, 11) is 5.89. The van der Waals surface area contributed by atoms with Crippen molar-refractivity contribution in [3.8, 4) is 5.75 Å². The van der Waals surface area contributed by atoms with Crippen molar-refractivity contribution in [1.29, 1.82) is 0 Å². The Bertz CT molecular complexity index is 589. The number of likely N-dealkylation sites (N-methyl/N-ethyl adjacent to an activating group) is 1. The molecule has 0 radical (unpaired) electrons. The number of benzene rings is 1. The fraction of sp³-hybridized carbons (Fsp3) is 0.375. The molecule has 2 aromatic rings. The number of hydrogen-bond donors (Lipinski definition) is 0. The fourth-order valence-corrected chi connectivity index (χ4v) is 1.93. The highest BCUT2D eigenvalue weighted by molar-refractivity contribution is 5.34. The summed E-state index contributed by atoms with van der Waals surface area (Å²) in [5.41, 5.74) is 1.08. The van der Waals surface area contributed by atoms with Crippen molar-refractivity contribution in [3.63, 3.8) is 0 Å². The van der Waals surface area contributed by atoms with E-state index in [0.29, 0.717) is 19.1 Å². The zero-order chi connectivity index (χ0) is 15.9. The molecule has 0 aliphatic rings. The molecule has 0 fully saturated rings. The van der Waals surface area contributed by atoms with Crippen LogP contribution in [0.15, 0.2) is 36.7 Å². The normalized spacial score (nSPS) is 10.8. The third kappa shape index (κ3) is 4.96. The van der Waals surface area contributed by atoms with Crippen molar-refractivity contribution in [2.75, 3.05) is 39.2 Å². The summed E-state index contributed by atoms with van der Waals surface area (Å²) < 4.78 is 18.6. The summed E-state index contributed by atoms with van der Waals surface area (Å²) in [5, 5.41) is 0. The van der Waals surface area contributed by atoms with Crippen LogP contribution >= 0.6 is 0 Å². The Balaban J connectivity index is 1.96. The Morgan fingerprint density at radius 3 is 2.55 bits per heavy atom. The van der Waals surface area contributed by atoms with Crippen LogP contribution in [-0.2, 0) is 6.54 Å². The minimum absolute atomic E-state index is 0.437. The van der Waals surface area contributed by atoms with E-state index in [2.05, 4.69) is 14.9 Å². The molecule has 0 spiro atoms. The molecule has 6 heteroatoms. The minimum Gasteiger partial charge on any atom is -0.492 e. The maximum absolute atomic E-state index is 12.8. The number of aromatic nitrogens is 2. The van der Waals surface area contributed by atoms with Gasteiger partial charge in [0.1, 0.15) is 12.4 Å². The zero-order valence-electron chi connectivity index (χ0n) is 13.2. The largest absolute Gasteiger partial charge is 0.492 e. The van der Waals surface area contributed by atoms with Gasteiger partial charge in [-0.1, -0.05) is 12.1 Å². The van der Waals surface area contributed by atoms with Crippen molar-refractivity contribution in [2.24, 2.45) is 0 Å². The van der Waals surface area contributed by atoms with Gasteiger partial charge < -0.3 is 14.5 Å². The fourth-order valence-electron chi connectivity index (χ4n) is 1.93. The summed E-state index contributed by atoms with van der Waals surface area (Å²) in [6.45, 7) is 2.14. The molecule has 1 aromatic carbocycles. The molecule has 0 N–H and O–H groups in total. The lowest BCUT2D eigenvalue weighted by molar-refractivity contribution is 0.261. The predicted molar refractivity (Wildman–Crippen MR) is 84.6 cm³/mol. The quantitative estimate of drug-likeness (QED) is 0.784. The van der Waals surface area contributed by atoms with Crippen LogP contribution < -0.4 is 9.64 Å². The van der Waals surface area contributed by atoms with Crippen molar-refractivity contribution in [1.82, 2.24) is 14.9 Å². The van der Waals surface area contributed by atoms with Crippen LogP contribution in [0.25, 0.3) is 0 Å². The summed E-state index contributed by atoms with van der Waals surface area (Å²) in [6.07, 6.45) is 2.33. The van der Waals surface area contributed by atoms with Gasteiger partial charge in [0.15, 0.2) is 5.82 Å². The van der Waals surface area contributed by atoms with Crippen molar-refractivity contribution < 1.29 is 9.13 Å². The molecule has 0 atom stereocenters. The van der Waals surface area contributed by atoms with Crippen LogP contribution in [-0.4, -0.2) is 49.2 Å². The SMILES string of the molecule is CN(C)CCOc1cccc(CN(C)c2ncc(F)cn2)c1. The Morgan fingerprint density at radius 1 is 1.14 bits per heavy atom. The number of anilines is 1.